The number of allylic oxidation sites excluding steroid dienone is 4. The zero-order valence-corrected chi connectivity index (χ0v) is 36.9. The molecule has 0 saturated heterocycles. The summed E-state index contributed by atoms with van der Waals surface area (Å²) in [5, 5.41) is 11.7. The molecule has 0 amide bonds. The summed E-state index contributed by atoms with van der Waals surface area (Å²) < 4.78 is 14.2. The van der Waals surface area contributed by atoms with E-state index < -0.39 is 22.7 Å². The normalized spacial score (nSPS) is 31.7. The van der Waals surface area contributed by atoms with Gasteiger partial charge in [0.1, 0.15) is 0 Å². The lowest BCUT2D eigenvalue weighted by Gasteiger charge is -2.45. The van der Waals surface area contributed by atoms with Gasteiger partial charge in [-0.15, -0.1) is 0 Å². The largest absolute Gasteiger partial charge is 0.413 e. The predicted octanol–water partition coefficient (Wildman–Crippen LogP) is 12.8. The van der Waals surface area contributed by atoms with Crippen LogP contribution in [-0.2, 0) is 14.3 Å². The second-order valence-corrected chi connectivity index (χ2v) is 30.1. The van der Waals surface area contributed by atoms with Gasteiger partial charge in [0.2, 0.25) is 0 Å². The highest BCUT2D eigenvalue weighted by atomic mass is 28.4. The number of aliphatic hydroxyl groups is 1. The molecular formula is C46H74O3Si2. The Morgan fingerprint density at radius 2 is 1.49 bits per heavy atom. The van der Waals surface area contributed by atoms with Crippen LogP contribution in [0.2, 0.25) is 36.3 Å². The van der Waals surface area contributed by atoms with Crippen molar-refractivity contribution >= 4 is 16.6 Å². The molecule has 7 atom stereocenters. The first kappa shape index (κ1) is 40.7. The highest BCUT2D eigenvalue weighted by molar-refractivity contribution is 6.74. The molecule has 0 radical (unpaired) electrons. The summed E-state index contributed by atoms with van der Waals surface area (Å²) in [5.41, 5.74) is 6.90. The fraction of sp³-hybridized carbons (Fsp3) is 0.696. The van der Waals surface area contributed by atoms with Crippen LogP contribution in [0.15, 0.2) is 71.9 Å². The first-order valence-electron chi connectivity index (χ1n) is 20.4. The molecule has 284 valence electrons. The Labute approximate surface area is 315 Å². The number of aliphatic hydroxyl groups excluding tert-OH is 1. The van der Waals surface area contributed by atoms with E-state index in [1.54, 1.807) is 5.57 Å². The molecule has 0 aliphatic heterocycles. The van der Waals surface area contributed by atoms with Crippen LogP contribution in [0.4, 0.5) is 0 Å². The maximum Gasteiger partial charge on any atom is 0.192 e. The summed E-state index contributed by atoms with van der Waals surface area (Å²) in [6, 6.07) is 8.82. The van der Waals surface area contributed by atoms with Crippen LogP contribution >= 0.6 is 0 Å². The van der Waals surface area contributed by atoms with Crippen LogP contribution in [0, 0.1) is 30.1 Å². The number of rotatable bonds is 10. The average molecular weight is 731 g/mol. The summed E-state index contributed by atoms with van der Waals surface area (Å²) in [5.74, 6) is 1.69. The zero-order chi connectivity index (χ0) is 37.8. The fourth-order valence-corrected chi connectivity index (χ4v) is 12.0. The van der Waals surface area contributed by atoms with Gasteiger partial charge in [0.05, 0.1) is 18.3 Å². The van der Waals surface area contributed by atoms with E-state index >= 15 is 0 Å². The predicted molar refractivity (Wildman–Crippen MR) is 223 cm³/mol. The minimum atomic E-state index is -2.00. The Morgan fingerprint density at radius 3 is 2.08 bits per heavy atom. The van der Waals surface area contributed by atoms with Gasteiger partial charge in [0.15, 0.2) is 16.6 Å². The van der Waals surface area contributed by atoms with Gasteiger partial charge in [-0.05, 0) is 134 Å². The van der Waals surface area contributed by atoms with Gasteiger partial charge in [0.25, 0.3) is 0 Å². The van der Waals surface area contributed by atoms with Crippen molar-refractivity contribution in [3.05, 3.63) is 83.0 Å². The van der Waals surface area contributed by atoms with Crippen molar-refractivity contribution in [2.75, 3.05) is 0 Å². The summed E-state index contributed by atoms with van der Waals surface area (Å²) in [7, 11) is -3.95. The molecular weight excluding hydrogens is 657 g/mol. The van der Waals surface area contributed by atoms with Crippen molar-refractivity contribution in [1.29, 1.82) is 0 Å². The second-order valence-electron chi connectivity index (χ2n) is 20.6. The third kappa shape index (κ3) is 8.43. The molecule has 51 heavy (non-hydrogen) atoms. The SMILES string of the molecule is C=C1C(=CC=C2CCC[C@]3(C)[C@@H]([C@H](C)C=C[C@H](O)C4(c5ccc(C)cc5)CC4)CC[C@@H]23)C[C@@H](O[Si](C)(C)C(C)(C)C)C[C@@H]1O[Si](C)(C)C(C)(C)C. The first-order chi connectivity index (χ1) is 23.5. The van der Waals surface area contributed by atoms with E-state index in [1.165, 1.54) is 54.4 Å². The van der Waals surface area contributed by atoms with Crippen LogP contribution in [0.25, 0.3) is 0 Å². The third-order valence-corrected chi connectivity index (χ3v) is 24.0. The van der Waals surface area contributed by atoms with Crippen LogP contribution in [0.5, 0.6) is 0 Å². The van der Waals surface area contributed by atoms with Crippen molar-refractivity contribution in [3.63, 3.8) is 0 Å². The van der Waals surface area contributed by atoms with Gasteiger partial charge in [-0.25, -0.2) is 0 Å². The van der Waals surface area contributed by atoms with Crippen LogP contribution < -0.4 is 0 Å². The molecule has 4 aliphatic rings. The quantitative estimate of drug-likeness (QED) is 0.192. The Morgan fingerprint density at radius 1 is 0.882 bits per heavy atom. The van der Waals surface area contributed by atoms with E-state index in [4.69, 9.17) is 15.4 Å². The maximum atomic E-state index is 11.4. The van der Waals surface area contributed by atoms with E-state index in [-0.39, 0.29) is 33.1 Å². The van der Waals surface area contributed by atoms with Crippen molar-refractivity contribution in [1.82, 2.24) is 0 Å². The van der Waals surface area contributed by atoms with Crippen LogP contribution in [0.1, 0.15) is 124 Å². The van der Waals surface area contributed by atoms with Gasteiger partial charge in [-0.2, -0.15) is 0 Å². The molecule has 1 N–H and O–H groups in total. The van der Waals surface area contributed by atoms with Crippen LogP contribution in [-0.4, -0.2) is 40.1 Å². The molecule has 4 saturated carbocycles. The maximum absolute atomic E-state index is 11.4. The Hall–Kier alpha value is -1.51. The Balaban J connectivity index is 1.34. The van der Waals surface area contributed by atoms with E-state index in [0.29, 0.717) is 17.8 Å². The Bertz CT molecular complexity index is 1500. The smallest absolute Gasteiger partial charge is 0.192 e. The second kappa shape index (κ2) is 14.6. The standard InChI is InChI=1S/C46H74O3Si2/c1-32-17-22-37(23-18-32)46(28-29-46)42(47)26-19-33(2)39-24-25-40-35(16-15-27-45(39,40)10)20-21-36-30-38(48-50(11,12)43(4,5)6)31-41(34(36)3)49-51(13,14)44(7,8)9/h17-23,26,33,38-42,47H,3,15-16,24-25,27-31H2,1-2,4-14H3/t33-,38-,39-,40+,41+,42+,45-/m1/s1. The molecule has 1 aromatic carbocycles. The number of fused-ring (bicyclic) bond motifs is 1. The van der Waals surface area contributed by atoms with Crippen LogP contribution in [0.3, 0.4) is 0 Å². The number of aryl methyl sites for hydroxylation is 1. The van der Waals surface area contributed by atoms with Gasteiger partial charge in [-0.1, -0.05) is 122 Å². The molecule has 5 rings (SSSR count). The molecule has 3 nitrogen and oxygen atoms in total. The van der Waals surface area contributed by atoms with E-state index in [2.05, 4.69) is 137 Å². The minimum Gasteiger partial charge on any atom is -0.413 e. The zero-order valence-electron chi connectivity index (χ0n) is 34.9. The third-order valence-electron chi connectivity index (χ3n) is 15.0. The number of benzene rings is 1. The van der Waals surface area contributed by atoms with Crippen molar-refractivity contribution in [2.24, 2.45) is 23.2 Å². The molecule has 0 unspecified atom stereocenters. The summed E-state index contributed by atoms with van der Waals surface area (Å²) in [6.07, 6.45) is 19.4. The van der Waals surface area contributed by atoms with Gasteiger partial charge >= 0.3 is 0 Å². The van der Waals surface area contributed by atoms with Crippen molar-refractivity contribution in [2.45, 2.75) is 180 Å². The van der Waals surface area contributed by atoms with Crippen molar-refractivity contribution < 1.29 is 14.0 Å². The lowest BCUT2D eigenvalue weighted by molar-refractivity contribution is 0.0969. The highest BCUT2D eigenvalue weighted by Crippen LogP contribution is 2.60. The molecule has 0 spiro atoms. The number of hydrogen-bond donors (Lipinski definition) is 1. The van der Waals surface area contributed by atoms with Gasteiger partial charge in [0, 0.05) is 11.8 Å². The van der Waals surface area contributed by atoms with Gasteiger partial charge < -0.3 is 14.0 Å². The minimum absolute atomic E-state index is 0.00955. The lowest BCUT2D eigenvalue weighted by atomic mass is 9.61. The van der Waals surface area contributed by atoms with Gasteiger partial charge in [-0.3, -0.25) is 0 Å². The monoisotopic (exact) mass is 731 g/mol. The molecule has 1 aromatic rings. The lowest BCUT2D eigenvalue weighted by Crippen LogP contribution is -2.49. The molecule has 4 aliphatic carbocycles. The fourth-order valence-electron chi connectivity index (χ4n) is 9.28. The molecule has 5 heteroatoms. The highest BCUT2D eigenvalue weighted by Gasteiger charge is 2.52. The average Bonchev–Trinajstić information content (AvgIpc) is 3.75. The van der Waals surface area contributed by atoms with E-state index in [1.807, 2.05) is 0 Å². The van der Waals surface area contributed by atoms with E-state index in [9.17, 15) is 5.11 Å². The molecule has 0 heterocycles. The molecule has 0 bridgehead atoms. The topological polar surface area (TPSA) is 38.7 Å². The van der Waals surface area contributed by atoms with E-state index in [0.717, 1.165) is 25.7 Å². The molecule has 4 fully saturated rings. The Kier molecular flexibility index (Phi) is 11.7. The first-order valence-corrected chi connectivity index (χ1v) is 26.2. The summed E-state index contributed by atoms with van der Waals surface area (Å²) in [6.45, 7) is 35.4. The van der Waals surface area contributed by atoms with Crippen molar-refractivity contribution in [3.8, 4) is 0 Å². The summed E-state index contributed by atoms with van der Waals surface area (Å²) >= 11 is 0. The summed E-state index contributed by atoms with van der Waals surface area (Å²) in [4.78, 5) is 0. The number of hydrogen-bond acceptors (Lipinski definition) is 3. The molecule has 0 aromatic heterocycles.